The van der Waals surface area contributed by atoms with Crippen molar-refractivity contribution >= 4 is 5.91 Å². The molecule has 5 nitrogen and oxygen atoms in total. The van der Waals surface area contributed by atoms with Crippen molar-refractivity contribution in [2.24, 2.45) is 11.7 Å². The molecule has 2 heterocycles. The molecular formula is C14H23N3O2. The zero-order valence-corrected chi connectivity index (χ0v) is 11.8. The van der Waals surface area contributed by atoms with E-state index in [1.54, 1.807) is 0 Å². The Morgan fingerprint density at radius 1 is 1.68 bits per heavy atom. The molecule has 2 unspecified atom stereocenters. The van der Waals surface area contributed by atoms with E-state index < -0.39 is 0 Å². The largest absolute Gasteiger partial charge is 0.446 e. The number of nitrogens with zero attached hydrogens (tertiary/aromatic N) is 2. The molecule has 19 heavy (non-hydrogen) atoms. The number of oxazole rings is 1. The molecule has 1 fully saturated rings. The first-order chi connectivity index (χ1) is 9.11. The van der Waals surface area contributed by atoms with Crippen LogP contribution >= 0.6 is 0 Å². The maximum atomic E-state index is 12.3. The average molecular weight is 265 g/mol. The average Bonchev–Trinajstić information content (AvgIpc) is 2.88. The lowest BCUT2D eigenvalue weighted by Crippen LogP contribution is -2.39. The molecule has 0 bridgehead atoms. The van der Waals surface area contributed by atoms with Crippen molar-refractivity contribution in [3.63, 3.8) is 0 Å². The van der Waals surface area contributed by atoms with Gasteiger partial charge >= 0.3 is 0 Å². The van der Waals surface area contributed by atoms with Crippen LogP contribution in [0, 0.1) is 5.92 Å². The van der Waals surface area contributed by atoms with Crippen molar-refractivity contribution < 1.29 is 9.21 Å². The number of carbonyl (C=O) groups is 1. The molecule has 1 aliphatic rings. The maximum absolute atomic E-state index is 12.3. The molecule has 5 heteroatoms. The molecule has 1 aliphatic heterocycles. The van der Waals surface area contributed by atoms with E-state index in [1.165, 1.54) is 12.7 Å². The number of hydrogen-bond donors (Lipinski definition) is 1. The zero-order valence-electron chi connectivity index (χ0n) is 11.8. The Labute approximate surface area is 114 Å². The summed E-state index contributed by atoms with van der Waals surface area (Å²) in [6.45, 7) is 5.85. The highest BCUT2D eigenvalue weighted by atomic mass is 16.3. The van der Waals surface area contributed by atoms with Crippen LogP contribution in [-0.2, 0) is 0 Å². The van der Waals surface area contributed by atoms with Crippen molar-refractivity contribution in [3.8, 4) is 0 Å². The lowest BCUT2D eigenvalue weighted by molar-refractivity contribution is 0.0677. The summed E-state index contributed by atoms with van der Waals surface area (Å²) in [6.07, 6.45) is 5.47. The van der Waals surface area contributed by atoms with E-state index in [-0.39, 0.29) is 11.9 Å². The van der Waals surface area contributed by atoms with Gasteiger partial charge in [0.15, 0.2) is 5.69 Å². The standard InChI is InChI=1S/C14H23N3O2/c1-3-5-11(15)13-16-12(9-19-13)14(18)17-7-4-6-10(2)8-17/h9-11H,3-8,15H2,1-2H3. The van der Waals surface area contributed by atoms with Gasteiger partial charge in [0, 0.05) is 13.1 Å². The molecule has 0 aromatic carbocycles. The number of piperidine rings is 1. The number of likely N-dealkylation sites (tertiary alicyclic amines) is 1. The van der Waals surface area contributed by atoms with Crippen LogP contribution in [0.15, 0.2) is 10.7 Å². The smallest absolute Gasteiger partial charge is 0.275 e. The number of hydrogen-bond acceptors (Lipinski definition) is 4. The number of nitrogens with two attached hydrogens (primary N) is 1. The zero-order chi connectivity index (χ0) is 13.8. The van der Waals surface area contributed by atoms with Crippen molar-refractivity contribution in [1.82, 2.24) is 9.88 Å². The second kappa shape index (κ2) is 6.19. The van der Waals surface area contributed by atoms with Crippen molar-refractivity contribution in [3.05, 3.63) is 17.8 Å². The highest BCUT2D eigenvalue weighted by Crippen LogP contribution is 2.19. The summed E-state index contributed by atoms with van der Waals surface area (Å²) < 4.78 is 5.33. The van der Waals surface area contributed by atoms with E-state index in [1.807, 2.05) is 4.90 Å². The van der Waals surface area contributed by atoms with Gasteiger partial charge in [-0.05, 0) is 25.2 Å². The third kappa shape index (κ3) is 3.35. The van der Waals surface area contributed by atoms with E-state index in [0.29, 0.717) is 17.5 Å². The summed E-state index contributed by atoms with van der Waals surface area (Å²) in [7, 11) is 0. The lowest BCUT2D eigenvalue weighted by Gasteiger charge is -2.30. The number of amides is 1. The fraction of sp³-hybridized carbons (Fsp3) is 0.714. The van der Waals surface area contributed by atoms with E-state index in [2.05, 4.69) is 18.8 Å². The van der Waals surface area contributed by atoms with Crippen LogP contribution in [0.25, 0.3) is 0 Å². The summed E-state index contributed by atoms with van der Waals surface area (Å²) in [4.78, 5) is 18.4. The van der Waals surface area contributed by atoms with Gasteiger partial charge in [-0.2, -0.15) is 0 Å². The van der Waals surface area contributed by atoms with Crippen molar-refractivity contribution in [2.45, 2.75) is 45.6 Å². The van der Waals surface area contributed by atoms with E-state index >= 15 is 0 Å². The summed E-state index contributed by atoms with van der Waals surface area (Å²) in [5.74, 6) is 0.993. The van der Waals surface area contributed by atoms with Gasteiger partial charge in [-0.3, -0.25) is 4.79 Å². The first-order valence-corrected chi connectivity index (χ1v) is 7.12. The summed E-state index contributed by atoms with van der Waals surface area (Å²) >= 11 is 0. The molecule has 1 aromatic heterocycles. The first-order valence-electron chi connectivity index (χ1n) is 7.12. The molecular weight excluding hydrogens is 242 g/mol. The Hall–Kier alpha value is -1.36. The van der Waals surface area contributed by atoms with Gasteiger partial charge in [-0.15, -0.1) is 0 Å². The van der Waals surface area contributed by atoms with Gasteiger partial charge < -0.3 is 15.1 Å². The van der Waals surface area contributed by atoms with Crippen LogP contribution in [0.1, 0.15) is 62.0 Å². The Morgan fingerprint density at radius 3 is 3.16 bits per heavy atom. The molecule has 0 spiro atoms. The Balaban J connectivity index is 2.03. The minimum absolute atomic E-state index is 0.0368. The minimum atomic E-state index is -0.216. The molecule has 1 aromatic rings. The van der Waals surface area contributed by atoms with Crippen LogP contribution in [0.4, 0.5) is 0 Å². The van der Waals surface area contributed by atoms with Crippen LogP contribution < -0.4 is 5.73 Å². The monoisotopic (exact) mass is 265 g/mol. The lowest BCUT2D eigenvalue weighted by atomic mass is 10.0. The predicted molar refractivity (Wildman–Crippen MR) is 72.6 cm³/mol. The second-order valence-corrected chi connectivity index (χ2v) is 5.46. The highest BCUT2D eigenvalue weighted by Gasteiger charge is 2.25. The minimum Gasteiger partial charge on any atom is -0.446 e. The SMILES string of the molecule is CCCC(N)c1nc(C(=O)N2CCCC(C)C2)co1. The summed E-state index contributed by atoms with van der Waals surface area (Å²) in [5.41, 5.74) is 6.32. The van der Waals surface area contributed by atoms with Crippen LogP contribution in [-0.4, -0.2) is 28.9 Å². The van der Waals surface area contributed by atoms with Gasteiger partial charge in [0.1, 0.15) is 6.26 Å². The van der Waals surface area contributed by atoms with Gasteiger partial charge in [-0.1, -0.05) is 20.3 Å². The van der Waals surface area contributed by atoms with Crippen molar-refractivity contribution in [1.29, 1.82) is 0 Å². The van der Waals surface area contributed by atoms with Crippen LogP contribution in [0.2, 0.25) is 0 Å². The number of aromatic nitrogens is 1. The maximum Gasteiger partial charge on any atom is 0.275 e. The van der Waals surface area contributed by atoms with Gasteiger partial charge in [0.2, 0.25) is 5.89 Å². The van der Waals surface area contributed by atoms with Crippen molar-refractivity contribution in [2.75, 3.05) is 13.1 Å². The quantitative estimate of drug-likeness (QED) is 0.907. The molecule has 0 radical (unpaired) electrons. The Bertz CT molecular complexity index is 430. The van der Waals surface area contributed by atoms with E-state index in [9.17, 15) is 4.79 Å². The fourth-order valence-electron chi connectivity index (χ4n) is 2.53. The van der Waals surface area contributed by atoms with Gasteiger partial charge in [0.05, 0.1) is 6.04 Å². The predicted octanol–water partition coefficient (Wildman–Crippen LogP) is 2.35. The molecule has 0 saturated carbocycles. The van der Waals surface area contributed by atoms with E-state index in [4.69, 9.17) is 10.2 Å². The summed E-state index contributed by atoms with van der Waals surface area (Å²) in [5, 5.41) is 0. The summed E-state index contributed by atoms with van der Waals surface area (Å²) in [6, 6.07) is -0.216. The molecule has 0 aliphatic carbocycles. The number of carbonyl (C=O) groups excluding carboxylic acids is 1. The topological polar surface area (TPSA) is 72.4 Å². The van der Waals surface area contributed by atoms with E-state index in [0.717, 1.165) is 32.4 Å². The first kappa shape index (κ1) is 14.1. The molecule has 2 N–H and O–H groups in total. The van der Waals surface area contributed by atoms with Crippen LogP contribution in [0.3, 0.4) is 0 Å². The highest BCUT2D eigenvalue weighted by molar-refractivity contribution is 5.92. The Kier molecular flexibility index (Phi) is 4.58. The van der Waals surface area contributed by atoms with Crippen LogP contribution in [0.5, 0.6) is 0 Å². The third-order valence-electron chi connectivity index (χ3n) is 3.60. The normalized spacial score (nSPS) is 21.4. The molecule has 2 atom stereocenters. The Morgan fingerprint density at radius 2 is 2.47 bits per heavy atom. The fourth-order valence-corrected chi connectivity index (χ4v) is 2.53. The second-order valence-electron chi connectivity index (χ2n) is 5.46. The molecule has 1 saturated heterocycles. The van der Waals surface area contributed by atoms with Gasteiger partial charge in [0.25, 0.3) is 5.91 Å². The third-order valence-corrected chi connectivity index (χ3v) is 3.60. The molecule has 1 amide bonds. The molecule has 106 valence electrons. The van der Waals surface area contributed by atoms with Gasteiger partial charge in [-0.25, -0.2) is 4.98 Å². The molecule has 2 rings (SSSR count). The number of rotatable bonds is 4.